The van der Waals surface area contributed by atoms with Crippen LogP contribution in [0.5, 0.6) is 5.75 Å². The van der Waals surface area contributed by atoms with Crippen LogP contribution in [-0.4, -0.2) is 31.1 Å². The molecule has 92 valence electrons. The van der Waals surface area contributed by atoms with Gasteiger partial charge in [-0.1, -0.05) is 0 Å². The Balaban J connectivity index is 2.37. The molecule has 1 aromatic heterocycles. The standard InChI is InChI=1S/C9H6BrN5O3/c10-7-1-6(2-8(9(7)16)15(17)18)3-13-14-4-11-12-5-14/h1-5,16H. The largest absolute Gasteiger partial charge is 0.501 e. The number of benzene rings is 1. The molecule has 0 saturated carbocycles. The molecule has 0 unspecified atom stereocenters. The van der Waals surface area contributed by atoms with Gasteiger partial charge in [0.05, 0.1) is 15.6 Å². The summed E-state index contributed by atoms with van der Waals surface area (Å²) in [7, 11) is 0. The fourth-order valence-corrected chi connectivity index (χ4v) is 1.67. The van der Waals surface area contributed by atoms with Crippen molar-refractivity contribution in [3.63, 3.8) is 0 Å². The van der Waals surface area contributed by atoms with Crippen molar-refractivity contribution in [1.82, 2.24) is 14.9 Å². The fraction of sp³-hybridized carbons (Fsp3) is 0. The molecule has 0 amide bonds. The summed E-state index contributed by atoms with van der Waals surface area (Å²) in [6, 6.07) is 2.73. The summed E-state index contributed by atoms with van der Waals surface area (Å²) in [5.41, 5.74) is 0.0645. The lowest BCUT2D eigenvalue weighted by atomic mass is 10.2. The molecule has 18 heavy (non-hydrogen) atoms. The highest BCUT2D eigenvalue weighted by molar-refractivity contribution is 9.10. The van der Waals surface area contributed by atoms with Gasteiger partial charge in [-0.15, -0.1) is 10.2 Å². The van der Waals surface area contributed by atoms with E-state index in [0.29, 0.717) is 5.56 Å². The average Bonchev–Trinajstić information content (AvgIpc) is 2.83. The molecule has 0 aliphatic rings. The van der Waals surface area contributed by atoms with Gasteiger partial charge in [-0.25, -0.2) is 4.68 Å². The molecule has 1 heterocycles. The molecule has 0 saturated heterocycles. The van der Waals surface area contributed by atoms with Gasteiger partial charge in [0.25, 0.3) is 0 Å². The first kappa shape index (κ1) is 12.2. The maximum atomic E-state index is 10.7. The van der Waals surface area contributed by atoms with Gasteiger partial charge in [-0.3, -0.25) is 10.1 Å². The summed E-state index contributed by atoms with van der Waals surface area (Å²) in [5.74, 6) is -0.415. The van der Waals surface area contributed by atoms with Crippen LogP contribution in [0.25, 0.3) is 0 Å². The smallest absolute Gasteiger partial charge is 0.312 e. The van der Waals surface area contributed by atoms with Crippen LogP contribution in [0, 0.1) is 10.1 Å². The number of phenols is 1. The maximum Gasteiger partial charge on any atom is 0.312 e. The summed E-state index contributed by atoms with van der Waals surface area (Å²) in [5, 5.41) is 31.3. The quantitative estimate of drug-likeness (QED) is 0.525. The maximum absolute atomic E-state index is 10.7. The van der Waals surface area contributed by atoms with Gasteiger partial charge in [0.15, 0.2) is 0 Å². The Morgan fingerprint density at radius 3 is 2.72 bits per heavy atom. The predicted molar refractivity (Wildman–Crippen MR) is 65.5 cm³/mol. The number of nitro benzene ring substituents is 1. The summed E-state index contributed by atoms with van der Waals surface area (Å²) >= 11 is 3.04. The molecule has 1 N–H and O–H groups in total. The molecule has 1 aromatic carbocycles. The molecule has 0 radical (unpaired) electrons. The van der Waals surface area contributed by atoms with E-state index in [1.54, 1.807) is 0 Å². The van der Waals surface area contributed by atoms with Crippen molar-refractivity contribution >= 4 is 27.8 Å². The molecule has 0 aliphatic heterocycles. The molecular formula is C9H6BrN5O3. The van der Waals surface area contributed by atoms with Crippen molar-refractivity contribution in [3.05, 3.63) is 44.9 Å². The van der Waals surface area contributed by atoms with Crippen LogP contribution < -0.4 is 0 Å². The summed E-state index contributed by atoms with van der Waals surface area (Å²) in [6.45, 7) is 0. The summed E-state index contributed by atoms with van der Waals surface area (Å²) in [4.78, 5) is 10.0. The van der Waals surface area contributed by atoms with Gasteiger partial charge in [0.2, 0.25) is 5.75 Å². The minimum Gasteiger partial charge on any atom is -0.501 e. The number of nitro groups is 1. The number of aromatic nitrogens is 3. The molecule has 9 heteroatoms. The van der Waals surface area contributed by atoms with Gasteiger partial charge in [-0.2, -0.15) is 5.10 Å². The predicted octanol–water partition coefficient (Wildman–Crippen LogP) is 1.54. The van der Waals surface area contributed by atoms with E-state index in [4.69, 9.17) is 0 Å². The lowest BCUT2D eigenvalue weighted by Crippen LogP contribution is -1.93. The van der Waals surface area contributed by atoms with Gasteiger partial charge < -0.3 is 5.11 Å². The second kappa shape index (κ2) is 4.92. The van der Waals surface area contributed by atoms with Crippen molar-refractivity contribution in [2.45, 2.75) is 0 Å². The highest BCUT2D eigenvalue weighted by Gasteiger charge is 2.17. The zero-order valence-electron chi connectivity index (χ0n) is 8.76. The Morgan fingerprint density at radius 2 is 2.11 bits per heavy atom. The van der Waals surface area contributed by atoms with Gasteiger partial charge in [0.1, 0.15) is 12.7 Å². The van der Waals surface area contributed by atoms with Crippen molar-refractivity contribution in [2.75, 3.05) is 0 Å². The Hall–Kier alpha value is -2.29. The van der Waals surface area contributed by atoms with E-state index in [2.05, 4.69) is 31.2 Å². The zero-order valence-corrected chi connectivity index (χ0v) is 10.4. The number of hydrogen-bond acceptors (Lipinski definition) is 6. The van der Waals surface area contributed by atoms with Crippen LogP contribution >= 0.6 is 15.9 Å². The Labute approximate surface area is 109 Å². The van der Waals surface area contributed by atoms with Crippen LogP contribution in [0.1, 0.15) is 5.56 Å². The number of rotatable bonds is 3. The Bertz CT molecular complexity index is 611. The van der Waals surface area contributed by atoms with Gasteiger partial charge in [-0.05, 0) is 22.0 Å². The molecule has 0 spiro atoms. The second-order valence-corrected chi connectivity index (χ2v) is 4.07. The van der Waals surface area contributed by atoms with E-state index in [-0.39, 0.29) is 4.47 Å². The van der Waals surface area contributed by atoms with Gasteiger partial charge in [0, 0.05) is 11.6 Å². The number of halogens is 1. The lowest BCUT2D eigenvalue weighted by molar-refractivity contribution is -0.386. The molecule has 0 atom stereocenters. The van der Waals surface area contributed by atoms with E-state index in [9.17, 15) is 15.2 Å². The topological polar surface area (TPSA) is 106 Å². The first-order valence-electron chi connectivity index (χ1n) is 4.64. The third-order valence-corrected chi connectivity index (χ3v) is 2.61. The van der Waals surface area contributed by atoms with E-state index in [1.165, 1.54) is 35.7 Å². The van der Waals surface area contributed by atoms with Crippen LogP contribution in [0.4, 0.5) is 5.69 Å². The van der Waals surface area contributed by atoms with E-state index in [1.807, 2.05) is 0 Å². The average molecular weight is 312 g/mol. The number of nitrogens with zero attached hydrogens (tertiary/aromatic N) is 5. The zero-order chi connectivity index (χ0) is 13.1. The van der Waals surface area contributed by atoms with Crippen LogP contribution in [0.15, 0.2) is 34.4 Å². The fourth-order valence-electron chi connectivity index (χ4n) is 1.21. The van der Waals surface area contributed by atoms with Crippen LogP contribution in [0.2, 0.25) is 0 Å². The highest BCUT2D eigenvalue weighted by atomic mass is 79.9. The number of phenolic OH excluding ortho intramolecular Hbond substituents is 1. The monoisotopic (exact) mass is 311 g/mol. The lowest BCUT2D eigenvalue weighted by Gasteiger charge is -2.00. The Morgan fingerprint density at radius 1 is 1.44 bits per heavy atom. The van der Waals surface area contributed by atoms with Crippen LogP contribution in [-0.2, 0) is 0 Å². The summed E-state index contributed by atoms with van der Waals surface area (Å²) in [6.07, 6.45) is 4.14. The van der Waals surface area contributed by atoms with E-state index >= 15 is 0 Å². The molecule has 2 aromatic rings. The van der Waals surface area contributed by atoms with Crippen molar-refractivity contribution in [3.8, 4) is 5.75 Å². The Kier molecular flexibility index (Phi) is 3.33. The number of aromatic hydroxyl groups is 1. The number of hydrogen-bond donors (Lipinski definition) is 1. The first-order chi connectivity index (χ1) is 8.58. The molecule has 2 rings (SSSR count). The molecule has 0 fully saturated rings. The minimum atomic E-state index is -0.670. The van der Waals surface area contributed by atoms with Crippen molar-refractivity contribution in [2.24, 2.45) is 5.10 Å². The molecular weight excluding hydrogens is 306 g/mol. The SMILES string of the molecule is O=[N+]([O-])c1cc(C=Nn2cnnc2)cc(Br)c1O. The highest BCUT2D eigenvalue weighted by Crippen LogP contribution is 2.34. The minimum absolute atomic E-state index is 0.224. The van der Waals surface area contributed by atoms with E-state index in [0.717, 1.165) is 0 Å². The molecule has 0 aliphatic carbocycles. The van der Waals surface area contributed by atoms with Crippen molar-refractivity contribution in [1.29, 1.82) is 0 Å². The molecule has 8 nitrogen and oxygen atoms in total. The third kappa shape index (κ3) is 2.51. The van der Waals surface area contributed by atoms with Gasteiger partial charge >= 0.3 is 5.69 Å². The third-order valence-electron chi connectivity index (χ3n) is 2.01. The summed E-state index contributed by atoms with van der Waals surface area (Å²) < 4.78 is 1.56. The normalized spacial score (nSPS) is 10.9. The second-order valence-electron chi connectivity index (χ2n) is 3.21. The van der Waals surface area contributed by atoms with Crippen LogP contribution in [0.3, 0.4) is 0 Å². The van der Waals surface area contributed by atoms with E-state index < -0.39 is 16.4 Å². The molecule has 0 bridgehead atoms. The van der Waals surface area contributed by atoms with Crippen molar-refractivity contribution < 1.29 is 10.0 Å². The first-order valence-corrected chi connectivity index (χ1v) is 5.43.